The van der Waals surface area contributed by atoms with Crippen molar-refractivity contribution in [2.24, 2.45) is 0 Å². The number of nitrogens with one attached hydrogen (secondary N) is 1. The topological polar surface area (TPSA) is 55.4 Å². The molecule has 2 rings (SSSR count). The van der Waals surface area contributed by atoms with Crippen molar-refractivity contribution in [3.05, 3.63) is 53.1 Å². The summed E-state index contributed by atoms with van der Waals surface area (Å²) in [5.41, 5.74) is 3.17. The molecule has 4 nitrogen and oxygen atoms in total. The molecule has 0 fully saturated rings. The minimum Gasteiger partial charge on any atom is -0.496 e. The van der Waals surface area contributed by atoms with E-state index in [0.29, 0.717) is 22.9 Å². The first kappa shape index (κ1) is 17.3. The third-order valence-electron chi connectivity index (χ3n) is 3.81. The zero-order valence-corrected chi connectivity index (χ0v) is 15.0. The van der Waals surface area contributed by atoms with Crippen molar-refractivity contribution >= 4 is 15.7 Å². The zero-order chi connectivity index (χ0) is 17.2. The second-order valence-electron chi connectivity index (χ2n) is 5.97. The van der Waals surface area contributed by atoms with E-state index in [-0.39, 0.29) is 4.90 Å². The molecule has 0 radical (unpaired) electrons. The van der Waals surface area contributed by atoms with Crippen LogP contribution in [0.3, 0.4) is 0 Å². The maximum Gasteiger partial charge on any atom is 0.262 e. The monoisotopic (exact) mass is 333 g/mol. The quantitative estimate of drug-likeness (QED) is 0.890. The highest BCUT2D eigenvalue weighted by molar-refractivity contribution is 7.92. The van der Waals surface area contributed by atoms with E-state index in [1.165, 1.54) is 5.56 Å². The fourth-order valence-corrected chi connectivity index (χ4v) is 3.79. The normalized spacial score (nSPS) is 11.6. The van der Waals surface area contributed by atoms with Crippen molar-refractivity contribution in [2.75, 3.05) is 11.8 Å². The summed E-state index contributed by atoms with van der Waals surface area (Å²) < 4.78 is 33.2. The molecule has 0 aliphatic rings. The van der Waals surface area contributed by atoms with Gasteiger partial charge in [-0.15, -0.1) is 0 Å². The van der Waals surface area contributed by atoms with Crippen molar-refractivity contribution in [1.82, 2.24) is 0 Å². The summed E-state index contributed by atoms with van der Waals surface area (Å²) in [4.78, 5) is 0.267. The zero-order valence-electron chi connectivity index (χ0n) is 14.2. The summed E-state index contributed by atoms with van der Waals surface area (Å²) in [6.07, 6.45) is 0. The number of methoxy groups -OCH3 is 1. The Kier molecular flexibility index (Phi) is 5.00. The second-order valence-corrected chi connectivity index (χ2v) is 7.62. The van der Waals surface area contributed by atoms with Crippen molar-refractivity contribution in [1.29, 1.82) is 0 Å². The summed E-state index contributed by atoms with van der Waals surface area (Å²) in [6.45, 7) is 7.79. The average Bonchev–Trinajstić information content (AvgIpc) is 2.49. The predicted molar refractivity (Wildman–Crippen MR) is 93.8 cm³/mol. The average molecular weight is 333 g/mol. The Bertz CT molecular complexity index is 794. The Morgan fingerprint density at radius 3 is 2.13 bits per heavy atom. The molecule has 0 spiro atoms. The standard InChI is InChI=1S/C18H23NO3S/c1-12(2)15-6-8-16(9-7-15)19-23(20,21)18-11-13(3)17(22-5)10-14(18)4/h6-12,19H,1-5H3. The minimum atomic E-state index is -3.63. The molecule has 0 aliphatic heterocycles. The molecule has 0 heterocycles. The van der Waals surface area contributed by atoms with Gasteiger partial charge in [0.15, 0.2) is 0 Å². The lowest BCUT2D eigenvalue weighted by molar-refractivity contribution is 0.411. The largest absolute Gasteiger partial charge is 0.496 e. The van der Waals surface area contributed by atoms with Gasteiger partial charge >= 0.3 is 0 Å². The number of ether oxygens (including phenoxy) is 1. The summed E-state index contributed by atoms with van der Waals surface area (Å²) in [7, 11) is -2.06. The van der Waals surface area contributed by atoms with E-state index in [9.17, 15) is 8.42 Å². The number of benzene rings is 2. The number of sulfonamides is 1. The molecule has 23 heavy (non-hydrogen) atoms. The van der Waals surface area contributed by atoms with E-state index in [0.717, 1.165) is 5.56 Å². The molecule has 2 aromatic carbocycles. The van der Waals surface area contributed by atoms with Crippen molar-refractivity contribution in [3.63, 3.8) is 0 Å². The van der Waals surface area contributed by atoms with Crippen LogP contribution in [0.5, 0.6) is 5.75 Å². The maximum absolute atomic E-state index is 12.6. The fraction of sp³-hybridized carbons (Fsp3) is 0.333. The predicted octanol–water partition coefficient (Wildman–Crippen LogP) is 4.24. The lowest BCUT2D eigenvalue weighted by atomic mass is 10.0. The minimum absolute atomic E-state index is 0.267. The number of aryl methyl sites for hydroxylation is 2. The van der Waals surface area contributed by atoms with Gasteiger partial charge in [0, 0.05) is 5.69 Å². The van der Waals surface area contributed by atoms with Crippen LogP contribution in [0.4, 0.5) is 5.69 Å². The molecule has 0 amide bonds. The van der Waals surface area contributed by atoms with Crippen LogP contribution >= 0.6 is 0 Å². The molecule has 0 saturated heterocycles. The molecule has 0 aromatic heterocycles. The third kappa shape index (κ3) is 3.85. The van der Waals surface area contributed by atoms with E-state index in [1.807, 2.05) is 19.1 Å². The first-order valence-corrected chi connectivity index (χ1v) is 9.01. The second kappa shape index (κ2) is 6.62. The summed E-state index contributed by atoms with van der Waals surface area (Å²) in [6, 6.07) is 10.8. The number of hydrogen-bond acceptors (Lipinski definition) is 3. The Labute approximate surface area is 138 Å². The number of hydrogen-bond donors (Lipinski definition) is 1. The summed E-state index contributed by atoms with van der Waals surface area (Å²) >= 11 is 0. The Balaban J connectivity index is 2.34. The van der Waals surface area contributed by atoms with Gasteiger partial charge in [-0.05, 0) is 60.7 Å². The van der Waals surface area contributed by atoms with Gasteiger partial charge in [0.1, 0.15) is 5.75 Å². The van der Waals surface area contributed by atoms with Gasteiger partial charge in [-0.1, -0.05) is 26.0 Å². The maximum atomic E-state index is 12.6. The van der Waals surface area contributed by atoms with E-state index >= 15 is 0 Å². The molecular weight excluding hydrogens is 310 g/mol. The van der Waals surface area contributed by atoms with Gasteiger partial charge in [-0.3, -0.25) is 4.72 Å². The lowest BCUT2D eigenvalue weighted by Gasteiger charge is -2.14. The van der Waals surface area contributed by atoms with Gasteiger partial charge in [-0.2, -0.15) is 0 Å². The highest BCUT2D eigenvalue weighted by Gasteiger charge is 2.19. The molecule has 0 bridgehead atoms. The third-order valence-corrected chi connectivity index (χ3v) is 5.33. The molecule has 0 atom stereocenters. The van der Waals surface area contributed by atoms with Crippen LogP contribution in [-0.2, 0) is 10.0 Å². The molecular formula is C18H23NO3S. The Morgan fingerprint density at radius 2 is 1.61 bits per heavy atom. The van der Waals surface area contributed by atoms with Crippen LogP contribution in [0.15, 0.2) is 41.3 Å². The van der Waals surface area contributed by atoms with Gasteiger partial charge in [0.2, 0.25) is 0 Å². The van der Waals surface area contributed by atoms with Crippen LogP contribution in [0.25, 0.3) is 0 Å². The van der Waals surface area contributed by atoms with Crippen LogP contribution in [0, 0.1) is 13.8 Å². The van der Waals surface area contributed by atoms with E-state index in [2.05, 4.69) is 18.6 Å². The van der Waals surface area contributed by atoms with E-state index in [1.54, 1.807) is 38.3 Å². The molecule has 1 N–H and O–H groups in total. The lowest BCUT2D eigenvalue weighted by Crippen LogP contribution is -2.14. The van der Waals surface area contributed by atoms with Crippen LogP contribution in [0.1, 0.15) is 36.5 Å². The Morgan fingerprint density at radius 1 is 1.00 bits per heavy atom. The number of anilines is 1. The van der Waals surface area contributed by atoms with Gasteiger partial charge < -0.3 is 4.74 Å². The van der Waals surface area contributed by atoms with Crippen LogP contribution < -0.4 is 9.46 Å². The highest BCUT2D eigenvalue weighted by atomic mass is 32.2. The van der Waals surface area contributed by atoms with Crippen molar-refractivity contribution < 1.29 is 13.2 Å². The molecule has 0 unspecified atom stereocenters. The number of rotatable bonds is 5. The molecule has 0 saturated carbocycles. The van der Waals surface area contributed by atoms with E-state index < -0.39 is 10.0 Å². The highest BCUT2D eigenvalue weighted by Crippen LogP contribution is 2.27. The molecule has 5 heteroatoms. The fourth-order valence-electron chi connectivity index (χ4n) is 2.42. The molecule has 124 valence electrons. The van der Waals surface area contributed by atoms with Crippen LogP contribution in [-0.4, -0.2) is 15.5 Å². The molecule has 2 aromatic rings. The van der Waals surface area contributed by atoms with Crippen molar-refractivity contribution in [3.8, 4) is 5.75 Å². The summed E-state index contributed by atoms with van der Waals surface area (Å²) in [5, 5.41) is 0. The Hall–Kier alpha value is -2.01. The smallest absolute Gasteiger partial charge is 0.262 e. The van der Waals surface area contributed by atoms with Gasteiger partial charge in [0.25, 0.3) is 10.0 Å². The first-order chi connectivity index (χ1) is 10.7. The van der Waals surface area contributed by atoms with E-state index in [4.69, 9.17) is 4.74 Å². The first-order valence-electron chi connectivity index (χ1n) is 7.52. The SMILES string of the molecule is COc1cc(C)c(S(=O)(=O)Nc2ccc(C(C)C)cc2)cc1C. The van der Waals surface area contributed by atoms with Crippen LogP contribution in [0.2, 0.25) is 0 Å². The van der Waals surface area contributed by atoms with Gasteiger partial charge in [-0.25, -0.2) is 8.42 Å². The summed E-state index contributed by atoms with van der Waals surface area (Å²) in [5.74, 6) is 1.09. The van der Waals surface area contributed by atoms with Gasteiger partial charge in [0.05, 0.1) is 12.0 Å². The molecule has 0 aliphatic carbocycles. The van der Waals surface area contributed by atoms with Crippen molar-refractivity contribution in [2.45, 2.75) is 38.5 Å².